The molecule has 0 unspecified atom stereocenters. The van der Waals surface area contributed by atoms with E-state index in [0.717, 1.165) is 14.2 Å². The van der Waals surface area contributed by atoms with Gasteiger partial charge >= 0.3 is 0 Å². The third-order valence-electron chi connectivity index (χ3n) is 1.50. The average molecular weight is 248 g/mol. The summed E-state index contributed by atoms with van der Waals surface area (Å²) in [5, 5.41) is 1.96. The number of hydrogen-bond donors (Lipinski definition) is 0. The van der Waals surface area contributed by atoms with Crippen LogP contribution in [-0.4, -0.2) is 0 Å². The second kappa shape index (κ2) is 2.77. The molecule has 0 fully saturated rings. The molecular weight excluding hydrogens is 244 g/mol. The molecule has 2 rings (SSSR count). The Bertz CT molecular complexity index is 394. The molecule has 0 bridgehead atoms. The van der Waals surface area contributed by atoms with Crippen molar-refractivity contribution in [1.29, 1.82) is 0 Å². The van der Waals surface area contributed by atoms with Crippen LogP contribution >= 0.6 is 38.9 Å². The van der Waals surface area contributed by atoms with E-state index >= 15 is 0 Å². The Balaban J connectivity index is 2.92. The fraction of sp³-hybridized carbons (Fsp3) is 0. The zero-order valence-electron chi connectivity index (χ0n) is 5.47. The molecular formula is C8H4BrClS. The van der Waals surface area contributed by atoms with E-state index in [0.29, 0.717) is 0 Å². The molecule has 1 aromatic carbocycles. The molecule has 56 valence electrons. The molecule has 0 atom stereocenters. The van der Waals surface area contributed by atoms with E-state index < -0.39 is 0 Å². The van der Waals surface area contributed by atoms with Gasteiger partial charge in [0, 0.05) is 10.1 Å². The van der Waals surface area contributed by atoms with Crippen molar-refractivity contribution in [2.45, 2.75) is 0 Å². The zero-order chi connectivity index (χ0) is 7.84. The monoisotopic (exact) mass is 246 g/mol. The van der Waals surface area contributed by atoms with Crippen LogP contribution in [0.15, 0.2) is 28.1 Å². The van der Waals surface area contributed by atoms with Gasteiger partial charge in [0.2, 0.25) is 0 Å². The topological polar surface area (TPSA) is 0 Å². The summed E-state index contributed by atoms with van der Waals surface area (Å²) in [6.07, 6.45) is 0. The summed E-state index contributed by atoms with van der Waals surface area (Å²) in [4.78, 5) is 0. The van der Waals surface area contributed by atoms with Gasteiger partial charge in [-0.2, -0.15) is 0 Å². The number of hydrogen-bond acceptors (Lipinski definition) is 1. The van der Waals surface area contributed by atoms with Gasteiger partial charge in [0.1, 0.15) is 0 Å². The predicted molar refractivity (Wildman–Crippen MR) is 54.5 cm³/mol. The van der Waals surface area contributed by atoms with Crippen LogP contribution in [0.2, 0.25) is 5.02 Å². The second-order valence-corrected chi connectivity index (χ2v) is 4.93. The summed E-state index contributed by atoms with van der Waals surface area (Å²) in [6, 6.07) is 8.10. The molecule has 0 aliphatic rings. The quantitative estimate of drug-likeness (QED) is 0.650. The Morgan fingerprint density at radius 3 is 2.73 bits per heavy atom. The molecule has 11 heavy (non-hydrogen) atoms. The molecule has 0 saturated carbocycles. The molecule has 3 heteroatoms. The fourth-order valence-electron chi connectivity index (χ4n) is 0.984. The van der Waals surface area contributed by atoms with Crippen LogP contribution in [0.3, 0.4) is 0 Å². The lowest BCUT2D eigenvalue weighted by Gasteiger charge is -1.85. The van der Waals surface area contributed by atoms with Crippen molar-refractivity contribution < 1.29 is 0 Å². The van der Waals surface area contributed by atoms with Crippen molar-refractivity contribution in [3.8, 4) is 0 Å². The Hall–Kier alpha value is -0.0500. The highest BCUT2D eigenvalue weighted by molar-refractivity contribution is 9.11. The molecule has 0 saturated heterocycles. The molecule has 2 aromatic rings. The van der Waals surface area contributed by atoms with E-state index in [-0.39, 0.29) is 0 Å². The maximum Gasteiger partial charge on any atom is 0.0897 e. The first-order chi connectivity index (χ1) is 5.29. The standard InChI is InChI=1S/C8H4BrClS/c9-8-7(10)5-3-1-2-4-6(5)11-8/h1-4H. The van der Waals surface area contributed by atoms with Gasteiger partial charge in [-0.05, 0) is 22.0 Å². The molecule has 0 aliphatic heterocycles. The minimum absolute atomic E-state index is 0.825. The van der Waals surface area contributed by atoms with E-state index in [2.05, 4.69) is 22.0 Å². The summed E-state index contributed by atoms with van der Waals surface area (Å²) in [5.74, 6) is 0. The highest BCUT2D eigenvalue weighted by atomic mass is 79.9. The first kappa shape index (κ1) is 7.59. The van der Waals surface area contributed by atoms with Gasteiger partial charge in [-0.25, -0.2) is 0 Å². The van der Waals surface area contributed by atoms with E-state index in [1.54, 1.807) is 11.3 Å². The van der Waals surface area contributed by atoms with Crippen molar-refractivity contribution in [2.75, 3.05) is 0 Å². The molecule has 0 aliphatic carbocycles. The number of thiophene rings is 1. The van der Waals surface area contributed by atoms with Gasteiger partial charge in [-0.15, -0.1) is 11.3 Å². The van der Waals surface area contributed by atoms with E-state index in [1.807, 2.05) is 18.2 Å². The maximum absolute atomic E-state index is 6.01. The van der Waals surface area contributed by atoms with E-state index in [9.17, 15) is 0 Å². The van der Waals surface area contributed by atoms with Crippen LogP contribution in [0.25, 0.3) is 10.1 Å². The van der Waals surface area contributed by atoms with Crippen molar-refractivity contribution in [3.05, 3.63) is 33.1 Å². The first-order valence-corrected chi connectivity index (χ1v) is 5.10. The number of halogens is 2. The van der Waals surface area contributed by atoms with Crippen molar-refractivity contribution >= 4 is 49.0 Å². The van der Waals surface area contributed by atoms with Crippen LogP contribution in [0, 0.1) is 0 Å². The largest absolute Gasteiger partial charge is 0.127 e. The summed E-state index contributed by atoms with van der Waals surface area (Å²) >= 11 is 11.1. The maximum atomic E-state index is 6.01. The lowest BCUT2D eigenvalue weighted by atomic mass is 10.3. The van der Waals surface area contributed by atoms with E-state index in [1.165, 1.54) is 4.70 Å². The Morgan fingerprint density at radius 1 is 1.27 bits per heavy atom. The smallest absolute Gasteiger partial charge is 0.0897 e. The normalized spacial score (nSPS) is 10.7. The lowest BCUT2D eigenvalue weighted by Crippen LogP contribution is -1.60. The molecule has 0 amide bonds. The van der Waals surface area contributed by atoms with Crippen LogP contribution in [0.1, 0.15) is 0 Å². The number of rotatable bonds is 0. The van der Waals surface area contributed by atoms with Gasteiger partial charge in [-0.1, -0.05) is 29.8 Å². The highest BCUT2D eigenvalue weighted by Gasteiger charge is 2.05. The van der Waals surface area contributed by atoms with Crippen LogP contribution in [0.5, 0.6) is 0 Å². The molecule has 0 N–H and O–H groups in total. The Labute approximate surface area is 81.9 Å². The second-order valence-electron chi connectivity index (χ2n) is 2.19. The molecule has 1 aromatic heterocycles. The number of benzene rings is 1. The van der Waals surface area contributed by atoms with Crippen LogP contribution in [0.4, 0.5) is 0 Å². The third-order valence-corrected chi connectivity index (χ3v) is 4.07. The number of fused-ring (bicyclic) bond motifs is 1. The highest BCUT2D eigenvalue weighted by Crippen LogP contribution is 2.38. The van der Waals surface area contributed by atoms with Crippen LogP contribution in [-0.2, 0) is 0 Å². The summed E-state index contributed by atoms with van der Waals surface area (Å²) in [6.45, 7) is 0. The van der Waals surface area contributed by atoms with Gasteiger partial charge in [0.05, 0.1) is 8.81 Å². The summed E-state index contributed by atoms with van der Waals surface area (Å²) < 4.78 is 2.24. The van der Waals surface area contributed by atoms with Crippen molar-refractivity contribution in [2.24, 2.45) is 0 Å². The van der Waals surface area contributed by atoms with Crippen molar-refractivity contribution in [1.82, 2.24) is 0 Å². The van der Waals surface area contributed by atoms with Crippen LogP contribution < -0.4 is 0 Å². The average Bonchev–Trinajstić information content (AvgIpc) is 2.30. The Morgan fingerprint density at radius 2 is 2.00 bits per heavy atom. The fourth-order valence-corrected chi connectivity index (χ4v) is 2.88. The molecule has 0 nitrogen and oxygen atoms in total. The summed E-state index contributed by atoms with van der Waals surface area (Å²) in [5.41, 5.74) is 0. The predicted octanol–water partition coefficient (Wildman–Crippen LogP) is 4.32. The first-order valence-electron chi connectivity index (χ1n) is 3.11. The van der Waals surface area contributed by atoms with E-state index in [4.69, 9.17) is 11.6 Å². The summed E-state index contributed by atoms with van der Waals surface area (Å²) in [7, 11) is 0. The van der Waals surface area contributed by atoms with Gasteiger partial charge in [0.25, 0.3) is 0 Å². The third kappa shape index (κ3) is 1.19. The lowest BCUT2D eigenvalue weighted by molar-refractivity contribution is 1.85. The molecule has 0 radical (unpaired) electrons. The minimum atomic E-state index is 0.825. The van der Waals surface area contributed by atoms with Crippen molar-refractivity contribution in [3.63, 3.8) is 0 Å². The molecule has 1 heterocycles. The van der Waals surface area contributed by atoms with Gasteiger partial charge < -0.3 is 0 Å². The van der Waals surface area contributed by atoms with Gasteiger partial charge in [0.15, 0.2) is 0 Å². The zero-order valence-corrected chi connectivity index (χ0v) is 8.63. The Kier molecular flexibility index (Phi) is 1.91. The minimum Gasteiger partial charge on any atom is -0.127 e. The van der Waals surface area contributed by atoms with Gasteiger partial charge in [-0.3, -0.25) is 0 Å². The molecule has 0 spiro atoms. The SMILES string of the molecule is Clc1c(Br)sc2ccccc12.